The Kier molecular flexibility index (Phi) is 5.90. The van der Waals surface area contributed by atoms with E-state index in [2.05, 4.69) is 10.1 Å². The SMILES string of the molecule is CC(C)(C)OC(=O)CCc1ccc(C(=O)Cc2nc3cccc(-c4ccoc4)n3n2)cc1. The van der Waals surface area contributed by atoms with E-state index in [1.807, 2.05) is 57.2 Å². The summed E-state index contributed by atoms with van der Waals surface area (Å²) in [6.45, 7) is 5.55. The molecule has 0 aliphatic carbocycles. The number of nitrogens with zero attached hydrogens (tertiary/aromatic N) is 3. The number of furan rings is 1. The smallest absolute Gasteiger partial charge is 0.306 e. The van der Waals surface area contributed by atoms with Crippen LogP contribution in [0.25, 0.3) is 16.9 Å². The first kappa shape index (κ1) is 21.5. The van der Waals surface area contributed by atoms with Gasteiger partial charge in [-0.1, -0.05) is 30.3 Å². The third-order valence-electron chi connectivity index (χ3n) is 4.85. The molecule has 0 N–H and O–H groups in total. The monoisotopic (exact) mass is 431 g/mol. The minimum Gasteiger partial charge on any atom is -0.472 e. The van der Waals surface area contributed by atoms with Crippen LogP contribution in [-0.4, -0.2) is 32.0 Å². The van der Waals surface area contributed by atoms with Crippen LogP contribution in [0.1, 0.15) is 48.9 Å². The predicted molar refractivity (Wildman–Crippen MR) is 119 cm³/mol. The lowest BCUT2D eigenvalue weighted by Crippen LogP contribution is -2.24. The van der Waals surface area contributed by atoms with Crippen molar-refractivity contribution in [2.24, 2.45) is 0 Å². The number of ether oxygens (including phenoxy) is 1. The van der Waals surface area contributed by atoms with Gasteiger partial charge in [0.2, 0.25) is 0 Å². The number of benzene rings is 1. The summed E-state index contributed by atoms with van der Waals surface area (Å²) < 4.78 is 12.2. The van der Waals surface area contributed by atoms with Gasteiger partial charge in [0.05, 0.1) is 24.6 Å². The normalized spacial score (nSPS) is 11.6. The second kappa shape index (κ2) is 8.78. The predicted octanol–water partition coefficient (Wildman–Crippen LogP) is 4.69. The van der Waals surface area contributed by atoms with Gasteiger partial charge in [0, 0.05) is 17.5 Å². The first-order valence-electron chi connectivity index (χ1n) is 10.5. The zero-order valence-corrected chi connectivity index (χ0v) is 18.4. The van der Waals surface area contributed by atoms with Crippen molar-refractivity contribution in [1.82, 2.24) is 14.6 Å². The van der Waals surface area contributed by atoms with Gasteiger partial charge < -0.3 is 9.15 Å². The van der Waals surface area contributed by atoms with E-state index in [1.54, 1.807) is 29.2 Å². The number of hydrogen-bond acceptors (Lipinski definition) is 6. The van der Waals surface area contributed by atoms with Crippen molar-refractivity contribution in [2.45, 2.75) is 45.6 Å². The van der Waals surface area contributed by atoms with Gasteiger partial charge >= 0.3 is 5.97 Å². The van der Waals surface area contributed by atoms with Gasteiger partial charge in [0.15, 0.2) is 17.3 Å². The summed E-state index contributed by atoms with van der Waals surface area (Å²) in [5.41, 5.74) is 3.47. The first-order valence-corrected chi connectivity index (χ1v) is 10.5. The van der Waals surface area contributed by atoms with Gasteiger partial charge in [0.1, 0.15) is 5.60 Å². The quantitative estimate of drug-likeness (QED) is 0.312. The third kappa shape index (κ3) is 5.11. The van der Waals surface area contributed by atoms with Gasteiger partial charge in [-0.3, -0.25) is 9.59 Å². The summed E-state index contributed by atoms with van der Waals surface area (Å²) >= 11 is 0. The van der Waals surface area contributed by atoms with Crippen LogP contribution < -0.4 is 0 Å². The molecule has 0 radical (unpaired) electrons. The Morgan fingerprint density at radius 1 is 1.06 bits per heavy atom. The molecule has 3 heterocycles. The van der Waals surface area contributed by atoms with Gasteiger partial charge in [-0.25, -0.2) is 9.50 Å². The Balaban J connectivity index is 1.41. The fourth-order valence-electron chi connectivity index (χ4n) is 3.40. The molecule has 32 heavy (non-hydrogen) atoms. The van der Waals surface area contributed by atoms with Gasteiger partial charge in [-0.05, 0) is 51.0 Å². The number of carbonyl (C=O) groups is 2. The molecule has 0 bridgehead atoms. The molecule has 0 atom stereocenters. The maximum Gasteiger partial charge on any atom is 0.306 e. The molecule has 0 fully saturated rings. The molecule has 0 amide bonds. The maximum atomic E-state index is 12.8. The van der Waals surface area contributed by atoms with Crippen LogP contribution in [0.5, 0.6) is 0 Å². The van der Waals surface area contributed by atoms with Crippen LogP contribution in [0.3, 0.4) is 0 Å². The van der Waals surface area contributed by atoms with E-state index in [1.165, 1.54) is 0 Å². The van der Waals surface area contributed by atoms with Gasteiger partial charge in [-0.15, -0.1) is 0 Å². The highest BCUT2D eigenvalue weighted by Crippen LogP contribution is 2.21. The van der Waals surface area contributed by atoms with Crippen LogP contribution >= 0.6 is 0 Å². The number of carbonyl (C=O) groups excluding carboxylic acids is 2. The fourth-order valence-corrected chi connectivity index (χ4v) is 3.40. The Hall–Kier alpha value is -3.74. The summed E-state index contributed by atoms with van der Waals surface area (Å²) in [6.07, 6.45) is 4.21. The number of rotatable bonds is 7. The summed E-state index contributed by atoms with van der Waals surface area (Å²) in [5, 5.41) is 4.52. The van der Waals surface area contributed by atoms with Gasteiger partial charge in [0.25, 0.3) is 0 Å². The van der Waals surface area contributed by atoms with Crippen molar-refractivity contribution in [2.75, 3.05) is 0 Å². The molecule has 0 saturated carbocycles. The average Bonchev–Trinajstić information content (AvgIpc) is 3.40. The Labute approximate surface area is 186 Å². The standard InChI is InChI=1S/C25H25N3O4/c1-25(2,3)32-24(30)12-9-17-7-10-18(11-8-17)21(29)15-22-26-23-6-4-5-20(28(23)27-22)19-13-14-31-16-19/h4-8,10-11,13-14,16H,9,12,15H2,1-3H3. The molecule has 0 aliphatic heterocycles. The van der Waals surface area contributed by atoms with E-state index in [-0.39, 0.29) is 18.2 Å². The number of fused-ring (bicyclic) bond motifs is 1. The van der Waals surface area contributed by atoms with Crippen LogP contribution in [0.15, 0.2) is 65.5 Å². The number of Topliss-reactive ketones (excluding diaryl/α,β-unsaturated/α-hetero) is 1. The van der Waals surface area contributed by atoms with Gasteiger partial charge in [-0.2, -0.15) is 5.10 Å². The second-order valence-electron chi connectivity index (χ2n) is 8.60. The molecular weight excluding hydrogens is 406 g/mol. The van der Waals surface area contributed by atoms with E-state index in [0.29, 0.717) is 29.9 Å². The Bertz CT molecular complexity index is 1230. The highest BCUT2D eigenvalue weighted by atomic mass is 16.6. The molecule has 3 aromatic heterocycles. The average molecular weight is 431 g/mol. The molecule has 0 unspecified atom stereocenters. The number of esters is 1. The van der Waals surface area contributed by atoms with Crippen molar-refractivity contribution in [3.8, 4) is 11.3 Å². The maximum absolute atomic E-state index is 12.8. The minimum atomic E-state index is -0.487. The summed E-state index contributed by atoms with van der Waals surface area (Å²) in [5.74, 6) is 0.162. The number of ketones is 1. The van der Waals surface area contributed by atoms with Crippen LogP contribution in [0.4, 0.5) is 0 Å². The molecule has 7 heteroatoms. The number of hydrogen-bond donors (Lipinski definition) is 0. The summed E-state index contributed by atoms with van der Waals surface area (Å²) in [6, 6.07) is 14.8. The second-order valence-corrected chi connectivity index (χ2v) is 8.60. The van der Waals surface area contributed by atoms with E-state index >= 15 is 0 Å². The molecule has 164 valence electrons. The molecule has 0 spiro atoms. The third-order valence-corrected chi connectivity index (χ3v) is 4.85. The number of aromatic nitrogens is 3. The van der Waals surface area contributed by atoms with E-state index < -0.39 is 5.60 Å². The highest BCUT2D eigenvalue weighted by Gasteiger charge is 2.17. The zero-order chi connectivity index (χ0) is 22.7. The molecule has 4 aromatic rings. The van der Waals surface area contributed by atoms with Crippen molar-refractivity contribution >= 4 is 17.4 Å². The lowest BCUT2D eigenvalue weighted by molar-refractivity contribution is -0.154. The van der Waals surface area contributed by atoms with E-state index in [4.69, 9.17) is 9.15 Å². The first-order chi connectivity index (χ1) is 15.3. The molecule has 0 aliphatic rings. The topological polar surface area (TPSA) is 86.7 Å². The van der Waals surface area contributed by atoms with Crippen molar-refractivity contribution in [3.63, 3.8) is 0 Å². The van der Waals surface area contributed by atoms with Crippen LogP contribution in [0, 0.1) is 0 Å². The number of aryl methyl sites for hydroxylation is 1. The fraction of sp³-hybridized carbons (Fsp3) is 0.280. The van der Waals surface area contributed by atoms with Crippen LogP contribution in [0.2, 0.25) is 0 Å². The molecule has 0 saturated heterocycles. The van der Waals surface area contributed by atoms with Crippen LogP contribution in [-0.2, 0) is 22.4 Å². The van der Waals surface area contributed by atoms with E-state index in [0.717, 1.165) is 16.8 Å². The van der Waals surface area contributed by atoms with Crippen molar-refractivity contribution in [3.05, 3.63) is 78.0 Å². The largest absolute Gasteiger partial charge is 0.472 e. The van der Waals surface area contributed by atoms with Crippen molar-refractivity contribution < 1.29 is 18.7 Å². The lowest BCUT2D eigenvalue weighted by atomic mass is 10.0. The van der Waals surface area contributed by atoms with Crippen molar-refractivity contribution in [1.29, 1.82) is 0 Å². The molecule has 4 rings (SSSR count). The highest BCUT2D eigenvalue weighted by molar-refractivity contribution is 5.97. The minimum absolute atomic E-state index is 0.0653. The Morgan fingerprint density at radius 2 is 1.84 bits per heavy atom. The number of pyridine rings is 1. The lowest BCUT2D eigenvalue weighted by Gasteiger charge is -2.19. The summed E-state index contributed by atoms with van der Waals surface area (Å²) in [7, 11) is 0. The Morgan fingerprint density at radius 3 is 2.53 bits per heavy atom. The zero-order valence-electron chi connectivity index (χ0n) is 18.4. The van der Waals surface area contributed by atoms with E-state index in [9.17, 15) is 9.59 Å². The summed E-state index contributed by atoms with van der Waals surface area (Å²) in [4.78, 5) is 29.1. The molecular formula is C25H25N3O4. The molecule has 7 nitrogen and oxygen atoms in total. The molecule has 1 aromatic carbocycles.